The first-order chi connectivity index (χ1) is 11.6. The molecule has 1 aliphatic heterocycles. The summed E-state index contributed by atoms with van der Waals surface area (Å²) in [4.78, 5) is 2.55. The van der Waals surface area contributed by atoms with Crippen molar-refractivity contribution in [2.75, 3.05) is 11.9 Å². The molecule has 2 aromatic heterocycles. The molecule has 5 heteroatoms. The summed E-state index contributed by atoms with van der Waals surface area (Å²) < 4.78 is 2.02. The van der Waals surface area contributed by atoms with Crippen LogP contribution < -0.4 is 5.32 Å². The Morgan fingerprint density at radius 1 is 1.17 bits per heavy atom. The van der Waals surface area contributed by atoms with Gasteiger partial charge in [0.05, 0.1) is 10.6 Å². The maximum absolute atomic E-state index is 6.35. The fourth-order valence-corrected chi connectivity index (χ4v) is 4.22. The van der Waals surface area contributed by atoms with Crippen LogP contribution in [0.2, 0.25) is 5.02 Å². The van der Waals surface area contributed by atoms with Gasteiger partial charge in [-0.3, -0.25) is 0 Å². The van der Waals surface area contributed by atoms with Gasteiger partial charge in [0.1, 0.15) is 11.5 Å². The molecule has 0 saturated heterocycles. The third kappa shape index (κ3) is 2.74. The summed E-state index contributed by atoms with van der Waals surface area (Å²) in [6, 6.07) is 10.5. The van der Waals surface area contributed by atoms with Crippen molar-refractivity contribution in [1.29, 1.82) is 0 Å². The van der Waals surface area contributed by atoms with Gasteiger partial charge in [-0.15, -0.1) is 11.3 Å². The van der Waals surface area contributed by atoms with E-state index in [0.717, 1.165) is 40.8 Å². The lowest BCUT2D eigenvalue weighted by Crippen LogP contribution is -2.07. The van der Waals surface area contributed by atoms with Crippen molar-refractivity contribution in [3.63, 3.8) is 0 Å². The topological polar surface area (TPSA) is 29.9 Å². The molecule has 1 aromatic carbocycles. The largest absolute Gasteiger partial charge is 0.370 e. The van der Waals surface area contributed by atoms with Gasteiger partial charge in [0.15, 0.2) is 0 Å². The van der Waals surface area contributed by atoms with E-state index in [1.54, 1.807) is 11.3 Å². The first-order valence-corrected chi connectivity index (χ1v) is 9.52. The fraction of sp³-hybridized carbons (Fsp3) is 0.316. The fourth-order valence-electron chi connectivity index (χ4n) is 3.16. The summed E-state index contributed by atoms with van der Waals surface area (Å²) in [5.41, 5.74) is 4.52. The summed E-state index contributed by atoms with van der Waals surface area (Å²) in [6.07, 6.45) is 3.44. The van der Waals surface area contributed by atoms with Gasteiger partial charge in [0.2, 0.25) is 0 Å². The zero-order chi connectivity index (χ0) is 16.7. The van der Waals surface area contributed by atoms with E-state index in [-0.39, 0.29) is 0 Å². The van der Waals surface area contributed by atoms with Crippen molar-refractivity contribution in [1.82, 2.24) is 9.78 Å². The Labute approximate surface area is 151 Å². The minimum atomic E-state index is 0.777. The predicted molar refractivity (Wildman–Crippen MR) is 103 cm³/mol. The number of hydrogen-bond donors (Lipinski definition) is 1. The first-order valence-electron chi connectivity index (χ1n) is 8.32. The molecule has 0 fully saturated rings. The molecule has 4 rings (SSSR count). The Kier molecular flexibility index (Phi) is 4.10. The monoisotopic (exact) mass is 357 g/mol. The summed E-state index contributed by atoms with van der Waals surface area (Å²) in [5.74, 6) is 1.12. The lowest BCUT2D eigenvalue weighted by atomic mass is 10.1. The number of benzene rings is 1. The van der Waals surface area contributed by atoms with Crippen molar-refractivity contribution in [3.05, 3.63) is 51.4 Å². The van der Waals surface area contributed by atoms with E-state index in [1.807, 2.05) is 17.7 Å². The van der Waals surface area contributed by atoms with Crippen LogP contribution in [0.5, 0.6) is 0 Å². The number of aryl methyl sites for hydroxylation is 2. The lowest BCUT2D eigenvalue weighted by Gasteiger charge is -2.10. The first kappa shape index (κ1) is 15.7. The van der Waals surface area contributed by atoms with Crippen molar-refractivity contribution in [2.45, 2.75) is 33.1 Å². The molecular formula is C19H20ClN3S. The highest BCUT2D eigenvalue weighted by Gasteiger charge is 2.22. The highest BCUT2D eigenvalue weighted by atomic mass is 35.5. The second-order valence-corrected chi connectivity index (χ2v) is 8.01. The zero-order valence-corrected chi connectivity index (χ0v) is 15.5. The Balaban J connectivity index is 1.90. The van der Waals surface area contributed by atoms with Crippen LogP contribution in [0.1, 0.15) is 28.8 Å². The molecule has 0 radical (unpaired) electrons. The van der Waals surface area contributed by atoms with E-state index in [0.29, 0.717) is 0 Å². The van der Waals surface area contributed by atoms with E-state index in [4.69, 9.17) is 16.7 Å². The number of thiophene rings is 1. The third-order valence-corrected chi connectivity index (χ3v) is 5.92. The maximum Gasteiger partial charge on any atom is 0.133 e. The zero-order valence-electron chi connectivity index (χ0n) is 13.9. The maximum atomic E-state index is 6.35. The van der Waals surface area contributed by atoms with Gasteiger partial charge in [-0.2, -0.15) is 5.10 Å². The molecule has 3 nitrogen and oxygen atoms in total. The Morgan fingerprint density at radius 3 is 2.79 bits per heavy atom. The van der Waals surface area contributed by atoms with Crippen LogP contribution in [-0.4, -0.2) is 16.3 Å². The van der Waals surface area contributed by atoms with Crippen LogP contribution in [-0.2, 0) is 6.42 Å². The number of fused-ring (bicyclic) bond motifs is 1. The van der Waals surface area contributed by atoms with Crippen LogP contribution in [0.15, 0.2) is 30.3 Å². The van der Waals surface area contributed by atoms with E-state index in [1.165, 1.54) is 28.2 Å². The number of nitrogens with one attached hydrogen (secondary N) is 1. The van der Waals surface area contributed by atoms with Crippen LogP contribution in [0, 0.1) is 13.8 Å². The van der Waals surface area contributed by atoms with E-state index in [2.05, 4.69) is 36.5 Å². The Morgan fingerprint density at radius 2 is 2.04 bits per heavy atom. The lowest BCUT2D eigenvalue weighted by molar-refractivity contribution is 0.780. The van der Waals surface area contributed by atoms with Gasteiger partial charge in [-0.1, -0.05) is 17.7 Å². The number of aromatic nitrogens is 2. The summed E-state index contributed by atoms with van der Waals surface area (Å²) in [5, 5.41) is 9.33. The molecule has 0 atom stereocenters. The molecule has 1 aliphatic rings. The number of halogens is 1. The predicted octanol–water partition coefficient (Wildman–Crippen LogP) is 5.62. The molecule has 3 heterocycles. The molecule has 0 amide bonds. The number of nitrogens with zero attached hydrogens (tertiary/aromatic N) is 2. The standard InChI is InChI=1S/C19H20ClN3S/c1-12-6-8-14(11-16(12)20)23-19-15(5-3-4-10-21-19)18(22-23)17-9-7-13(2)24-17/h6-9,11,21H,3-5,10H2,1-2H3. The molecule has 0 bridgehead atoms. The Bertz CT molecular complexity index is 894. The quantitative estimate of drug-likeness (QED) is 0.645. The summed E-state index contributed by atoms with van der Waals surface area (Å²) in [6.45, 7) is 5.15. The van der Waals surface area contributed by atoms with Crippen molar-refractivity contribution in [3.8, 4) is 16.3 Å². The van der Waals surface area contributed by atoms with E-state index >= 15 is 0 Å². The van der Waals surface area contributed by atoms with Crippen LogP contribution in [0.25, 0.3) is 16.3 Å². The smallest absolute Gasteiger partial charge is 0.133 e. The number of anilines is 1. The van der Waals surface area contributed by atoms with Crippen LogP contribution in [0.3, 0.4) is 0 Å². The van der Waals surface area contributed by atoms with Crippen molar-refractivity contribution in [2.24, 2.45) is 0 Å². The molecular weight excluding hydrogens is 338 g/mol. The molecule has 0 spiro atoms. The van der Waals surface area contributed by atoms with Gasteiger partial charge in [0, 0.05) is 22.0 Å². The van der Waals surface area contributed by atoms with Gasteiger partial charge in [-0.05, 0) is 62.9 Å². The van der Waals surface area contributed by atoms with Crippen LogP contribution in [0.4, 0.5) is 5.82 Å². The third-order valence-electron chi connectivity index (χ3n) is 4.50. The molecule has 0 unspecified atom stereocenters. The average molecular weight is 358 g/mol. The highest BCUT2D eigenvalue weighted by molar-refractivity contribution is 7.15. The highest BCUT2D eigenvalue weighted by Crippen LogP contribution is 2.37. The van der Waals surface area contributed by atoms with Gasteiger partial charge >= 0.3 is 0 Å². The van der Waals surface area contributed by atoms with Crippen LogP contribution >= 0.6 is 22.9 Å². The molecule has 1 N–H and O–H groups in total. The van der Waals surface area contributed by atoms with Gasteiger partial charge in [-0.25, -0.2) is 4.68 Å². The Hall–Kier alpha value is -1.78. The second kappa shape index (κ2) is 6.26. The molecule has 3 aromatic rings. The normalized spacial score (nSPS) is 14.1. The molecule has 24 heavy (non-hydrogen) atoms. The molecule has 0 saturated carbocycles. The van der Waals surface area contributed by atoms with E-state index < -0.39 is 0 Å². The van der Waals surface area contributed by atoms with Crippen molar-refractivity contribution < 1.29 is 0 Å². The number of rotatable bonds is 2. The molecule has 124 valence electrons. The summed E-state index contributed by atoms with van der Waals surface area (Å²) >= 11 is 8.15. The minimum Gasteiger partial charge on any atom is -0.370 e. The number of hydrogen-bond acceptors (Lipinski definition) is 3. The molecule has 0 aliphatic carbocycles. The minimum absolute atomic E-state index is 0.777. The average Bonchev–Trinajstić information content (AvgIpc) is 3.06. The summed E-state index contributed by atoms with van der Waals surface area (Å²) in [7, 11) is 0. The van der Waals surface area contributed by atoms with Gasteiger partial charge in [0.25, 0.3) is 0 Å². The second-order valence-electron chi connectivity index (χ2n) is 6.32. The SMILES string of the molecule is Cc1ccc(-c2nn(-c3ccc(C)c(Cl)c3)c3c2CCCCN3)s1. The van der Waals surface area contributed by atoms with E-state index in [9.17, 15) is 0 Å². The van der Waals surface area contributed by atoms with Gasteiger partial charge < -0.3 is 5.32 Å². The van der Waals surface area contributed by atoms with Crippen molar-refractivity contribution >= 4 is 28.8 Å².